The largest absolute Gasteiger partial charge is 0.411 e. The van der Waals surface area contributed by atoms with Gasteiger partial charge < -0.3 is 5.21 Å². The minimum Gasteiger partial charge on any atom is -0.411 e. The van der Waals surface area contributed by atoms with Crippen molar-refractivity contribution in [1.29, 1.82) is 0 Å². The van der Waals surface area contributed by atoms with Gasteiger partial charge in [-0.25, -0.2) is 19.0 Å². The Morgan fingerprint density at radius 3 is 2.57 bits per heavy atom. The predicted molar refractivity (Wildman–Crippen MR) is 83.4 cm³/mol. The normalized spacial score (nSPS) is 11.3. The zero-order valence-corrected chi connectivity index (χ0v) is 12.6. The van der Waals surface area contributed by atoms with E-state index >= 15 is 0 Å². The molecular formula is C16H14FN5O. The standard InChI is InChI=1S/C16H14FN5O/c1-10-7-15(20-11(2)19-10)22-9-13(8-18-23)16(21-22)12-3-5-14(17)6-4-12/h3-9,23H,1-2H3/b18-8+. The van der Waals surface area contributed by atoms with Crippen molar-refractivity contribution in [2.45, 2.75) is 13.8 Å². The maximum Gasteiger partial charge on any atom is 0.157 e. The van der Waals surface area contributed by atoms with E-state index in [1.54, 1.807) is 36.0 Å². The maximum atomic E-state index is 13.1. The Labute approximate surface area is 131 Å². The Bertz CT molecular complexity index is 850. The molecule has 1 aromatic carbocycles. The van der Waals surface area contributed by atoms with Crippen LogP contribution in [0.25, 0.3) is 17.1 Å². The van der Waals surface area contributed by atoms with Crippen molar-refractivity contribution in [3.05, 3.63) is 59.4 Å². The zero-order valence-electron chi connectivity index (χ0n) is 12.6. The molecule has 0 spiro atoms. The molecule has 0 aliphatic carbocycles. The van der Waals surface area contributed by atoms with Crippen molar-refractivity contribution in [1.82, 2.24) is 19.7 Å². The van der Waals surface area contributed by atoms with Gasteiger partial charge in [-0.1, -0.05) is 5.16 Å². The highest BCUT2D eigenvalue weighted by Gasteiger charge is 2.12. The summed E-state index contributed by atoms with van der Waals surface area (Å²) in [6, 6.07) is 7.75. The lowest BCUT2D eigenvalue weighted by molar-refractivity contribution is 0.322. The van der Waals surface area contributed by atoms with Gasteiger partial charge in [-0.05, 0) is 38.1 Å². The van der Waals surface area contributed by atoms with E-state index in [1.165, 1.54) is 18.3 Å². The number of aromatic nitrogens is 4. The number of halogens is 1. The van der Waals surface area contributed by atoms with Crippen LogP contribution in [0, 0.1) is 19.7 Å². The molecule has 0 atom stereocenters. The number of nitrogens with zero attached hydrogens (tertiary/aromatic N) is 5. The number of rotatable bonds is 3. The molecule has 2 aromatic heterocycles. The molecule has 0 amide bonds. The van der Waals surface area contributed by atoms with Crippen LogP contribution < -0.4 is 0 Å². The molecule has 6 nitrogen and oxygen atoms in total. The highest BCUT2D eigenvalue weighted by atomic mass is 19.1. The lowest BCUT2D eigenvalue weighted by Crippen LogP contribution is -2.02. The van der Waals surface area contributed by atoms with Gasteiger partial charge >= 0.3 is 0 Å². The topological polar surface area (TPSA) is 76.2 Å². The van der Waals surface area contributed by atoms with Gasteiger partial charge in [0.2, 0.25) is 0 Å². The van der Waals surface area contributed by atoms with Gasteiger partial charge in [0, 0.05) is 29.1 Å². The highest BCUT2D eigenvalue weighted by Crippen LogP contribution is 2.22. The van der Waals surface area contributed by atoms with E-state index in [4.69, 9.17) is 5.21 Å². The average Bonchev–Trinajstić information content (AvgIpc) is 2.91. The Morgan fingerprint density at radius 2 is 1.91 bits per heavy atom. The molecule has 0 radical (unpaired) electrons. The number of benzene rings is 1. The fourth-order valence-corrected chi connectivity index (χ4v) is 2.31. The summed E-state index contributed by atoms with van der Waals surface area (Å²) >= 11 is 0. The first-order chi connectivity index (χ1) is 11.1. The summed E-state index contributed by atoms with van der Waals surface area (Å²) in [5.74, 6) is 0.916. The number of hydrogen-bond acceptors (Lipinski definition) is 5. The van der Waals surface area contributed by atoms with Crippen molar-refractivity contribution >= 4 is 6.21 Å². The lowest BCUT2D eigenvalue weighted by Gasteiger charge is -2.03. The zero-order chi connectivity index (χ0) is 16.4. The summed E-state index contributed by atoms with van der Waals surface area (Å²) in [6.07, 6.45) is 2.97. The first-order valence-electron chi connectivity index (χ1n) is 6.92. The van der Waals surface area contributed by atoms with Gasteiger partial charge in [-0.3, -0.25) is 0 Å². The molecule has 2 heterocycles. The molecule has 1 N–H and O–H groups in total. The van der Waals surface area contributed by atoms with Gasteiger partial charge in [-0.2, -0.15) is 5.10 Å². The second-order valence-electron chi connectivity index (χ2n) is 5.04. The third kappa shape index (κ3) is 3.08. The van der Waals surface area contributed by atoms with Crippen molar-refractivity contribution in [3.8, 4) is 17.1 Å². The summed E-state index contributed by atoms with van der Waals surface area (Å²) in [6.45, 7) is 3.68. The van der Waals surface area contributed by atoms with Crippen LogP contribution >= 0.6 is 0 Å². The molecule has 0 unspecified atom stereocenters. The Hall–Kier alpha value is -3.09. The van der Waals surface area contributed by atoms with Crippen LogP contribution in [0.4, 0.5) is 4.39 Å². The van der Waals surface area contributed by atoms with Crippen LogP contribution in [0.3, 0.4) is 0 Å². The van der Waals surface area contributed by atoms with E-state index in [1.807, 2.05) is 6.92 Å². The molecule has 116 valence electrons. The van der Waals surface area contributed by atoms with E-state index in [0.29, 0.717) is 28.5 Å². The average molecular weight is 311 g/mol. The Balaban J connectivity index is 2.13. The summed E-state index contributed by atoms with van der Waals surface area (Å²) in [5.41, 5.74) is 2.69. The summed E-state index contributed by atoms with van der Waals surface area (Å²) in [7, 11) is 0. The number of hydrogen-bond donors (Lipinski definition) is 1. The molecule has 0 fully saturated rings. The van der Waals surface area contributed by atoms with Crippen molar-refractivity contribution < 1.29 is 9.60 Å². The van der Waals surface area contributed by atoms with Gasteiger partial charge in [-0.15, -0.1) is 0 Å². The van der Waals surface area contributed by atoms with E-state index in [-0.39, 0.29) is 5.82 Å². The second-order valence-corrected chi connectivity index (χ2v) is 5.04. The van der Waals surface area contributed by atoms with Crippen molar-refractivity contribution in [2.75, 3.05) is 0 Å². The molecule has 0 aliphatic heterocycles. The van der Waals surface area contributed by atoms with Crippen LogP contribution in [0.1, 0.15) is 17.1 Å². The Morgan fingerprint density at radius 1 is 1.17 bits per heavy atom. The molecule has 0 saturated carbocycles. The highest BCUT2D eigenvalue weighted by molar-refractivity contribution is 5.88. The van der Waals surface area contributed by atoms with E-state index < -0.39 is 0 Å². The molecule has 0 saturated heterocycles. The summed E-state index contributed by atoms with van der Waals surface area (Å²) in [4.78, 5) is 8.58. The monoisotopic (exact) mass is 311 g/mol. The van der Waals surface area contributed by atoms with Gasteiger partial charge in [0.15, 0.2) is 5.82 Å². The number of aryl methyl sites for hydroxylation is 2. The first kappa shape index (κ1) is 14.8. The van der Waals surface area contributed by atoms with E-state index in [9.17, 15) is 4.39 Å². The molecule has 0 bridgehead atoms. The third-order valence-electron chi connectivity index (χ3n) is 3.24. The minimum absolute atomic E-state index is 0.326. The van der Waals surface area contributed by atoms with Crippen LogP contribution in [-0.2, 0) is 0 Å². The van der Waals surface area contributed by atoms with Crippen LogP contribution in [-0.4, -0.2) is 31.2 Å². The summed E-state index contributed by atoms with van der Waals surface area (Å²) < 4.78 is 14.7. The van der Waals surface area contributed by atoms with Crippen LogP contribution in [0.2, 0.25) is 0 Å². The van der Waals surface area contributed by atoms with Crippen LogP contribution in [0.15, 0.2) is 41.7 Å². The van der Waals surface area contributed by atoms with Gasteiger partial charge in [0.1, 0.15) is 17.3 Å². The molecule has 3 aromatic rings. The summed E-state index contributed by atoms with van der Waals surface area (Å²) in [5, 5.41) is 16.4. The van der Waals surface area contributed by atoms with Crippen molar-refractivity contribution in [2.24, 2.45) is 5.16 Å². The van der Waals surface area contributed by atoms with Crippen LogP contribution in [0.5, 0.6) is 0 Å². The second kappa shape index (κ2) is 5.96. The minimum atomic E-state index is -0.326. The van der Waals surface area contributed by atoms with E-state index in [0.717, 1.165) is 5.69 Å². The third-order valence-corrected chi connectivity index (χ3v) is 3.24. The molecule has 0 aliphatic rings. The SMILES string of the molecule is Cc1cc(-n2cc(/C=N/O)c(-c3ccc(F)cc3)n2)nc(C)n1. The predicted octanol–water partition coefficient (Wildman–Crippen LogP) is 2.89. The lowest BCUT2D eigenvalue weighted by atomic mass is 10.1. The quantitative estimate of drug-likeness (QED) is 0.458. The fraction of sp³-hybridized carbons (Fsp3) is 0.125. The molecular weight excluding hydrogens is 297 g/mol. The van der Waals surface area contributed by atoms with Gasteiger partial charge in [0.05, 0.1) is 6.21 Å². The number of oxime groups is 1. The molecule has 7 heteroatoms. The fourth-order valence-electron chi connectivity index (χ4n) is 2.31. The first-order valence-corrected chi connectivity index (χ1v) is 6.92. The molecule has 23 heavy (non-hydrogen) atoms. The van der Waals surface area contributed by atoms with Gasteiger partial charge in [0.25, 0.3) is 0 Å². The maximum absolute atomic E-state index is 13.1. The van der Waals surface area contributed by atoms with E-state index in [2.05, 4.69) is 20.2 Å². The Kier molecular flexibility index (Phi) is 3.84. The molecule has 3 rings (SSSR count). The smallest absolute Gasteiger partial charge is 0.157 e. The van der Waals surface area contributed by atoms with Crippen molar-refractivity contribution in [3.63, 3.8) is 0 Å².